The summed E-state index contributed by atoms with van der Waals surface area (Å²) in [6.07, 6.45) is 2.82. The third-order valence-corrected chi connectivity index (χ3v) is 7.54. The van der Waals surface area contributed by atoms with Gasteiger partial charge >= 0.3 is 0 Å². The highest BCUT2D eigenvalue weighted by Gasteiger charge is 2.41. The number of hydrogen-bond donors (Lipinski definition) is 3. The van der Waals surface area contributed by atoms with Crippen LogP contribution in [0.1, 0.15) is 25.7 Å². The third-order valence-electron chi connectivity index (χ3n) is 5.06. The van der Waals surface area contributed by atoms with E-state index in [1.165, 1.54) is 35.3 Å². The fraction of sp³-hybridized carbons (Fsp3) is 0.550. The highest BCUT2D eigenvalue weighted by molar-refractivity contribution is 7.99. The fourth-order valence-electron chi connectivity index (χ4n) is 3.48. The van der Waals surface area contributed by atoms with Crippen molar-refractivity contribution in [3.8, 4) is 5.75 Å². The highest BCUT2D eigenvalue weighted by atomic mass is 32.2. The number of ether oxygens (including phenoxy) is 1. The molecule has 2 atom stereocenters. The Balaban J connectivity index is 2.20. The molecule has 0 bridgehead atoms. The van der Waals surface area contributed by atoms with Crippen LogP contribution in [0.2, 0.25) is 0 Å². The molecule has 1 fully saturated rings. The lowest BCUT2D eigenvalue weighted by Crippen LogP contribution is -2.57. The van der Waals surface area contributed by atoms with Crippen molar-refractivity contribution in [3.63, 3.8) is 0 Å². The summed E-state index contributed by atoms with van der Waals surface area (Å²) >= 11 is 1.38. The van der Waals surface area contributed by atoms with Gasteiger partial charge in [0.25, 0.3) is 0 Å². The molecule has 0 unspecified atom stereocenters. The number of nitrogens with one attached hydrogen (secondary N) is 2. The van der Waals surface area contributed by atoms with E-state index in [-0.39, 0.29) is 48.5 Å². The van der Waals surface area contributed by atoms with E-state index in [9.17, 15) is 22.8 Å². The van der Waals surface area contributed by atoms with Gasteiger partial charge in [-0.2, -0.15) is 16.1 Å². The SMILES string of the molecule is COc1ccc(S(=O)(=O)N2CC[C@H](NC(=O)CSC)C[C@H]2C(=O)NCCCC(N)=O)cc1. The Labute approximate surface area is 192 Å². The van der Waals surface area contributed by atoms with Gasteiger partial charge in [0.05, 0.1) is 17.8 Å². The monoisotopic (exact) mass is 486 g/mol. The second kappa shape index (κ2) is 12.1. The van der Waals surface area contributed by atoms with Gasteiger partial charge in [0.15, 0.2) is 0 Å². The molecule has 2 rings (SSSR count). The molecule has 0 radical (unpaired) electrons. The number of piperidine rings is 1. The molecule has 12 heteroatoms. The Morgan fingerprint density at radius 1 is 1.25 bits per heavy atom. The van der Waals surface area contributed by atoms with Crippen LogP contribution in [0.5, 0.6) is 5.75 Å². The van der Waals surface area contributed by atoms with Crippen LogP contribution in [0.3, 0.4) is 0 Å². The molecule has 1 saturated heterocycles. The van der Waals surface area contributed by atoms with E-state index >= 15 is 0 Å². The zero-order valence-electron chi connectivity index (χ0n) is 18.2. The van der Waals surface area contributed by atoms with Crippen LogP contribution in [0.15, 0.2) is 29.2 Å². The van der Waals surface area contributed by atoms with Crippen LogP contribution < -0.4 is 21.1 Å². The van der Waals surface area contributed by atoms with Crippen LogP contribution in [0, 0.1) is 0 Å². The number of nitrogens with zero attached hydrogens (tertiary/aromatic N) is 1. The zero-order chi connectivity index (χ0) is 23.7. The summed E-state index contributed by atoms with van der Waals surface area (Å²) in [5.41, 5.74) is 5.12. The number of primary amides is 1. The Hall–Kier alpha value is -2.31. The second-order valence-corrected chi connectivity index (χ2v) is 10.1. The van der Waals surface area contributed by atoms with Gasteiger partial charge in [0, 0.05) is 25.6 Å². The number of carbonyl (C=O) groups excluding carboxylic acids is 3. The van der Waals surface area contributed by atoms with Crippen molar-refractivity contribution in [1.82, 2.24) is 14.9 Å². The van der Waals surface area contributed by atoms with Crippen molar-refractivity contribution in [2.45, 2.75) is 42.7 Å². The molecule has 4 N–H and O–H groups in total. The first-order valence-corrected chi connectivity index (χ1v) is 13.0. The van der Waals surface area contributed by atoms with Gasteiger partial charge in [0.2, 0.25) is 27.7 Å². The minimum atomic E-state index is -3.96. The standard InChI is InChI=1S/C20H30N4O6S2/c1-30-15-5-7-16(8-6-15)32(28,29)24-11-9-14(23-19(26)13-31-2)12-17(24)20(27)22-10-3-4-18(21)25/h5-8,14,17H,3-4,9-13H2,1-2H3,(H2,21,25)(H,22,27)(H,23,26)/t14-,17-/m0/s1. The first-order chi connectivity index (χ1) is 15.2. The number of rotatable bonds is 11. The zero-order valence-corrected chi connectivity index (χ0v) is 19.8. The summed E-state index contributed by atoms with van der Waals surface area (Å²) < 4.78 is 32.9. The van der Waals surface area contributed by atoms with Crippen LogP contribution in [-0.2, 0) is 24.4 Å². The minimum absolute atomic E-state index is 0.0506. The Morgan fingerprint density at radius 3 is 2.53 bits per heavy atom. The summed E-state index contributed by atoms with van der Waals surface area (Å²) in [5.74, 6) is -0.306. The van der Waals surface area contributed by atoms with E-state index in [0.717, 1.165) is 0 Å². The maximum absolute atomic E-state index is 13.3. The topological polar surface area (TPSA) is 148 Å². The number of amides is 3. The van der Waals surface area contributed by atoms with Crippen LogP contribution in [0.4, 0.5) is 0 Å². The molecule has 10 nitrogen and oxygen atoms in total. The van der Waals surface area contributed by atoms with E-state index in [4.69, 9.17) is 10.5 Å². The van der Waals surface area contributed by atoms with Crippen molar-refractivity contribution >= 4 is 39.5 Å². The third kappa shape index (κ3) is 7.10. The normalized spacial score (nSPS) is 19.2. The van der Waals surface area contributed by atoms with E-state index in [1.807, 2.05) is 6.26 Å². The molecule has 32 heavy (non-hydrogen) atoms. The molecular formula is C20H30N4O6S2. The first-order valence-electron chi connectivity index (χ1n) is 10.2. The lowest BCUT2D eigenvalue weighted by molar-refractivity contribution is -0.127. The fourth-order valence-corrected chi connectivity index (χ4v) is 5.43. The quantitative estimate of drug-likeness (QED) is 0.375. The van der Waals surface area contributed by atoms with Crippen LogP contribution >= 0.6 is 11.8 Å². The lowest BCUT2D eigenvalue weighted by atomic mass is 9.98. The van der Waals surface area contributed by atoms with Gasteiger partial charge in [-0.1, -0.05) is 0 Å². The van der Waals surface area contributed by atoms with Crippen molar-refractivity contribution in [2.75, 3.05) is 32.2 Å². The van der Waals surface area contributed by atoms with Gasteiger partial charge in [-0.25, -0.2) is 8.42 Å². The molecule has 178 valence electrons. The molecule has 1 aliphatic rings. The minimum Gasteiger partial charge on any atom is -0.497 e. The number of carbonyl (C=O) groups is 3. The molecular weight excluding hydrogens is 456 g/mol. The van der Waals surface area contributed by atoms with Crippen molar-refractivity contribution < 1.29 is 27.5 Å². The van der Waals surface area contributed by atoms with Crippen molar-refractivity contribution in [2.24, 2.45) is 5.73 Å². The Morgan fingerprint density at radius 2 is 1.94 bits per heavy atom. The average Bonchev–Trinajstić information content (AvgIpc) is 2.76. The van der Waals surface area contributed by atoms with Crippen LogP contribution in [0.25, 0.3) is 0 Å². The summed E-state index contributed by atoms with van der Waals surface area (Å²) in [5, 5.41) is 5.56. The van der Waals surface area contributed by atoms with E-state index in [0.29, 0.717) is 18.6 Å². The van der Waals surface area contributed by atoms with Gasteiger partial charge in [-0.05, 0) is 49.8 Å². The second-order valence-electron chi connectivity index (χ2n) is 7.39. The molecule has 0 spiro atoms. The number of nitrogens with two attached hydrogens (primary N) is 1. The lowest BCUT2D eigenvalue weighted by Gasteiger charge is -2.37. The number of thioether (sulfide) groups is 1. The first kappa shape index (κ1) is 25.9. The van der Waals surface area contributed by atoms with E-state index < -0.39 is 27.9 Å². The van der Waals surface area contributed by atoms with Gasteiger partial charge < -0.3 is 21.1 Å². The summed E-state index contributed by atoms with van der Waals surface area (Å²) in [6.45, 7) is 0.274. The largest absolute Gasteiger partial charge is 0.497 e. The number of benzene rings is 1. The highest BCUT2D eigenvalue weighted by Crippen LogP contribution is 2.27. The number of methoxy groups -OCH3 is 1. The molecule has 1 heterocycles. The van der Waals surface area contributed by atoms with E-state index in [2.05, 4.69) is 10.6 Å². The molecule has 3 amide bonds. The van der Waals surface area contributed by atoms with E-state index in [1.54, 1.807) is 12.1 Å². The van der Waals surface area contributed by atoms with Gasteiger partial charge in [-0.3, -0.25) is 14.4 Å². The van der Waals surface area contributed by atoms with Gasteiger partial charge in [0.1, 0.15) is 11.8 Å². The molecule has 1 aromatic rings. The maximum Gasteiger partial charge on any atom is 0.243 e. The summed E-state index contributed by atoms with van der Waals surface area (Å²) in [7, 11) is -2.48. The number of sulfonamides is 1. The molecule has 1 aliphatic heterocycles. The average molecular weight is 487 g/mol. The van der Waals surface area contributed by atoms with Crippen molar-refractivity contribution in [3.05, 3.63) is 24.3 Å². The predicted molar refractivity (Wildman–Crippen MR) is 122 cm³/mol. The summed E-state index contributed by atoms with van der Waals surface area (Å²) in [4.78, 5) is 35.9. The smallest absolute Gasteiger partial charge is 0.243 e. The predicted octanol–water partition coefficient (Wildman–Crippen LogP) is 0.0778. The maximum atomic E-state index is 13.3. The molecule has 0 aliphatic carbocycles. The molecule has 0 aromatic heterocycles. The molecule has 1 aromatic carbocycles. The summed E-state index contributed by atoms with van der Waals surface area (Å²) in [6, 6.07) is 4.63. The van der Waals surface area contributed by atoms with Gasteiger partial charge in [-0.15, -0.1) is 0 Å². The van der Waals surface area contributed by atoms with Crippen molar-refractivity contribution in [1.29, 1.82) is 0 Å². The molecule has 0 saturated carbocycles. The number of hydrogen-bond acceptors (Lipinski definition) is 7. The Kier molecular flexibility index (Phi) is 9.79. The van der Waals surface area contributed by atoms with Crippen LogP contribution in [-0.4, -0.2) is 74.7 Å². The Bertz CT molecular complexity index is 907.